The summed E-state index contributed by atoms with van der Waals surface area (Å²) in [6.45, 7) is 2.95. The van der Waals surface area contributed by atoms with Crippen LogP contribution in [0.1, 0.15) is 23.7 Å². The number of alkyl halides is 1. The second-order valence-corrected chi connectivity index (χ2v) is 5.71. The number of hydrogen-bond acceptors (Lipinski definition) is 2. The van der Waals surface area contributed by atoms with Gasteiger partial charge in [-0.05, 0) is 31.0 Å². The molecule has 0 N–H and O–H groups in total. The van der Waals surface area contributed by atoms with Crippen LogP contribution in [-0.2, 0) is 4.74 Å². The van der Waals surface area contributed by atoms with E-state index in [9.17, 15) is 0 Å². The summed E-state index contributed by atoms with van der Waals surface area (Å²) >= 11 is 10.0. The van der Waals surface area contributed by atoms with E-state index in [0.717, 1.165) is 29.4 Å². The van der Waals surface area contributed by atoms with Gasteiger partial charge in [-0.15, -0.1) is 0 Å². The van der Waals surface area contributed by atoms with E-state index >= 15 is 0 Å². The highest BCUT2D eigenvalue weighted by Gasteiger charge is 2.32. The third-order valence-electron chi connectivity index (χ3n) is 3.32. The first-order chi connectivity index (χ1) is 8.13. The fraction of sp³-hybridized carbons (Fsp3) is 0.538. The fourth-order valence-corrected chi connectivity index (χ4v) is 3.73. The fourth-order valence-electron chi connectivity index (χ4n) is 2.22. The Morgan fingerprint density at radius 1 is 1.53 bits per heavy atom. The van der Waals surface area contributed by atoms with E-state index in [4.69, 9.17) is 21.1 Å². The molecule has 94 valence electrons. The van der Waals surface area contributed by atoms with Gasteiger partial charge in [0.05, 0.1) is 13.2 Å². The van der Waals surface area contributed by atoms with Gasteiger partial charge in [0.2, 0.25) is 0 Å². The Bertz CT molecular complexity index is 397. The number of ether oxygens (including phenoxy) is 2. The summed E-state index contributed by atoms with van der Waals surface area (Å²) in [5.41, 5.74) is 1.11. The normalized spacial score (nSPS) is 25.9. The highest BCUT2D eigenvalue weighted by molar-refractivity contribution is 9.09. The lowest BCUT2D eigenvalue weighted by molar-refractivity contribution is 0.105. The maximum atomic E-state index is 6.28. The molecule has 1 fully saturated rings. The minimum atomic E-state index is 0.235. The summed E-state index contributed by atoms with van der Waals surface area (Å²) in [5, 5.41) is 0.741. The van der Waals surface area contributed by atoms with Gasteiger partial charge in [0.15, 0.2) is 0 Å². The molecule has 0 radical (unpaired) electrons. The van der Waals surface area contributed by atoms with Crippen LogP contribution in [0.2, 0.25) is 5.02 Å². The molecular weight excluding hydrogens is 303 g/mol. The molecule has 0 aliphatic carbocycles. The van der Waals surface area contributed by atoms with Crippen LogP contribution in [-0.4, -0.2) is 19.8 Å². The van der Waals surface area contributed by atoms with Crippen LogP contribution >= 0.6 is 27.5 Å². The zero-order valence-electron chi connectivity index (χ0n) is 9.95. The molecule has 1 saturated heterocycles. The van der Waals surface area contributed by atoms with E-state index in [1.807, 2.05) is 18.2 Å². The Morgan fingerprint density at radius 2 is 2.29 bits per heavy atom. The Labute approximate surface area is 115 Å². The Morgan fingerprint density at radius 3 is 2.82 bits per heavy atom. The molecule has 2 rings (SSSR count). The van der Waals surface area contributed by atoms with E-state index in [0.29, 0.717) is 5.92 Å². The summed E-state index contributed by atoms with van der Waals surface area (Å²) < 4.78 is 10.7. The molecule has 17 heavy (non-hydrogen) atoms. The highest BCUT2D eigenvalue weighted by atomic mass is 79.9. The van der Waals surface area contributed by atoms with Gasteiger partial charge in [0.25, 0.3) is 0 Å². The molecule has 1 aromatic carbocycles. The molecule has 0 saturated carbocycles. The van der Waals surface area contributed by atoms with Gasteiger partial charge in [0.1, 0.15) is 5.75 Å². The van der Waals surface area contributed by atoms with Gasteiger partial charge in [0, 0.05) is 22.4 Å². The van der Waals surface area contributed by atoms with Gasteiger partial charge in [-0.3, -0.25) is 0 Å². The van der Waals surface area contributed by atoms with Gasteiger partial charge in [-0.2, -0.15) is 0 Å². The Hall–Kier alpha value is -0.250. The molecule has 1 aliphatic heterocycles. The summed E-state index contributed by atoms with van der Waals surface area (Å²) in [4.78, 5) is 0.235. The number of rotatable bonds is 3. The predicted molar refractivity (Wildman–Crippen MR) is 73.2 cm³/mol. The average molecular weight is 320 g/mol. The highest BCUT2D eigenvalue weighted by Crippen LogP contribution is 2.42. The zero-order valence-corrected chi connectivity index (χ0v) is 12.3. The summed E-state index contributed by atoms with van der Waals surface area (Å²) in [5.74, 6) is 1.26. The molecule has 0 bridgehead atoms. The van der Waals surface area contributed by atoms with Crippen molar-refractivity contribution in [3.63, 3.8) is 0 Å². The van der Waals surface area contributed by atoms with Gasteiger partial charge < -0.3 is 9.47 Å². The van der Waals surface area contributed by atoms with Crippen molar-refractivity contribution in [2.75, 3.05) is 13.7 Å². The first-order valence-electron chi connectivity index (χ1n) is 5.72. The second-order valence-electron chi connectivity index (χ2n) is 4.32. The van der Waals surface area contributed by atoms with Crippen LogP contribution in [0, 0.1) is 5.92 Å². The molecule has 4 heteroatoms. The monoisotopic (exact) mass is 318 g/mol. The molecule has 0 spiro atoms. The minimum Gasteiger partial charge on any atom is -0.497 e. The van der Waals surface area contributed by atoms with E-state index in [2.05, 4.69) is 22.9 Å². The van der Waals surface area contributed by atoms with Crippen molar-refractivity contribution in [2.24, 2.45) is 5.92 Å². The van der Waals surface area contributed by atoms with Crippen molar-refractivity contribution in [1.82, 2.24) is 0 Å². The van der Waals surface area contributed by atoms with Crippen molar-refractivity contribution in [2.45, 2.75) is 24.3 Å². The quantitative estimate of drug-likeness (QED) is 0.777. The molecule has 1 aliphatic rings. The molecule has 1 heterocycles. The minimum absolute atomic E-state index is 0.235. The average Bonchev–Trinajstić information content (AvgIpc) is 2.74. The Kier molecular flexibility index (Phi) is 4.34. The van der Waals surface area contributed by atoms with Crippen molar-refractivity contribution < 1.29 is 9.47 Å². The van der Waals surface area contributed by atoms with Crippen LogP contribution in [0.3, 0.4) is 0 Å². The van der Waals surface area contributed by atoms with E-state index in [1.165, 1.54) is 0 Å². The lowest BCUT2D eigenvalue weighted by atomic mass is 9.94. The zero-order chi connectivity index (χ0) is 12.4. The SMILES string of the molecule is COc1ccc(C(Br)C2CCOC2C)c(Cl)c1. The van der Waals surface area contributed by atoms with E-state index in [-0.39, 0.29) is 10.9 Å². The molecule has 2 nitrogen and oxygen atoms in total. The smallest absolute Gasteiger partial charge is 0.120 e. The van der Waals surface area contributed by atoms with Gasteiger partial charge >= 0.3 is 0 Å². The summed E-state index contributed by atoms with van der Waals surface area (Å²) in [6.07, 6.45) is 1.34. The first kappa shape index (κ1) is 13.2. The molecule has 3 atom stereocenters. The number of hydrogen-bond donors (Lipinski definition) is 0. The van der Waals surface area contributed by atoms with Crippen LogP contribution in [0.25, 0.3) is 0 Å². The number of methoxy groups -OCH3 is 1. The van der Waals surface area contributed by atoms with E-state index < -0.39 is 0 Å². The number of halogens is 2. The Balaban J connectivity index is 2.21. The lowest BCUT2D eigenvalue weighted by Crippen LogP contribution is -2.16. The van der Waals surface area contributed by atoms with Crippen LogP contribution in [0.4, 0.5) is 0 Å². The first-order valence-corrected chi connectivity index (χ1v) is 7.02. The van der Waals surface area contributed by atoms with Gasteiger partial charge in [-0.1, -0.05) is 33.6 Å². The molecule has 3 unspecified atom stereocenters. The van der Waals surface area contributed by atoms with Crippen molar-refractivity contribution in [1.29, 1.82) is 0 Å². The van der Waals surface area contributed by atoms with Crippen molar-refractivity contribution in [3.05, 3.63) is 28.8 Å². The van der Waals surface area contributed by atoms with Crippen molar-refractivity contribution >= 4 is 27.5 Å². The summed E-state index contributed by atoms with van der Waals surface area (Å²) in [7, 11) is 1.64. The number of benzene rings is 1. The molecule has 0 amide bonds. The third kappa shape index (κ3) is 2.78. The van der Waals surface area contributed by atoms with Gasteiger partial charge in [-0.25, -0.2) is 0 Å². The molecule has 1 aromatic rings. The largest absolute Gasteiger partial charge is 0.497 e. The van der Waals surface area contributed by atoms with Crippen LogP contribution in [0.15, 0.2) is 18.2 Å². The van der Waals surface area contributed by atoms with Crippen LogP contribution < -0.4 is 4.74 Å². The maximum absolute atomic E-state index is 6.28. The predicted octanol–water partition coefficient (Wildman–Crippen LogP) is 4.21. The second kappa shape index (κ2) is 5.59. The molecule has 0 aromatic heterocycles. The van der Waals surface area contributed by atoms with E-state index in [1.54, 1.807) is 7.11 Å². The lowest BCUT2D eigenvalue weighted by Gasteiger charge is -2.22. The topological polar surface area (TPSA) is 18.5 Å². The van der Waals surface area contributed by atoms with Crippen molar-refractivity contribution in [3.8, 4) is 5.75 Å². The van der Waals surface area contributed by atoms with Crippen LogP contribution in [0.5, 0.6) is 5.75 Å². The molecular formula is C13H16BrClO2. The maximum Gasteiger partial charge on any atom is 0.120 e. The summed E-state index contributed by atoms with van der Waals surface area (Å²) in [6, 6.07) is 5.81. The third-order valence-corrected chi connectivity index (χ3v) is 4.82. The standard InChI is InChI=1S/C13H16BrClO2/c1-8-10(5-6-17-8)13(14)11-4-3-9(16-2)7-12(11)15/h3-4,7-8,10,13H,5-6H2,1-2H3.